The Morgan fingerprint density at radius 3 is 2.89 bits per heavy atom. The van der Waals surface area contributed by atoms with Gasteiger partial charge in [-0.1, -0.05) is 12.1 Å². The highest BCUT2D eigenvalue weighted by Crippen LogP contribution is 2.34. The number of aryl methyl sites for hydroxylation is 1. The molecule has 0 aromatic heterocycles. The fourth-order valence-corrected chi connectivity index (χ4v) is 3.91. The molecule has 2 aliphatic heterocycles. The second-order valence-corrected chi connectivity index (χ2v) is 7.26. The third kappa shape index (κ3) is 3.90. The zero-order valence-electron chi connectivity index (χ0n) is 15.4. The summed E-state index contributed by atoms with van der Waals surface area (Å²) in [6, 6.07) is 11.1. The highest BCUT2D eigenvalue weighted by Gasteiger charge is 2.30. The summed E-state index contributed by atoms with van der Waals surface area (Å²) >= 11 is 0. The van der Waals surface area contributed by atoms with Crippen LogP contribution in [0.25, 0.3) is 0 Å². The van der Waals surface area contributed by atoms with Gasteiger partial charge in [0, 0.05) is 12.1 Å². The number of carbonyl (C=O) groups excluding carboxylic acids is 1. The average molecular weight is 384 g/mol. The first-order valence-corrected chi connectivity index (χ1v) is 9.50. The molecule has 1 amide bonds. The third-order valence-corrected chi connectivity index (χ3v) is 5.45. The highest BCUT2D eigenvalue weighted by atomic mass is 16.7. The summed E-state index contributed by atoms with van der Waals surface area (Å²) in [5.41, 5.74) is 2.16. The molecular weight excluding hydrogens is 360 g/mol. The molecule has 4 rings (SSSR count). The van der Waals surface area contributed by atoms with Crippen molar-refractivity contribution in [1.82, 2.24) is 5.32 Å². The van der Waals surface area contributed by atoms with Crippen LogP contribution in [0.4, 0.5) is 5.69 Å². The molecular formula is C21H24N2O5. The Hall–Kier alpha value is -2.77. The second-order valence-electron chi connectivity index (χ2n) is 7.26. The van der Waals surface area contributed by atoms with Crippen LogP contribution < -0.4 is 20.1 Å². The van der Waals surface area contributed by atoms with E-state index in [0.29, 0.717) is 23.7 Å². The van der Waals surface area contributed by atoms with Gasteiger partial charge in [-0.25, -0.2) is 0 Å². The maximum atomic E-state index is 10.7. The molecule has 3 atom stereocenters. The van der Waals surface area contributed by atoms with Gasteiger partial charge in [-0.05, 0) is 61.1 Å². The van der Waals surface area contributed by atoms with Gasteiger partial charge in [-0.3, -0.25) is 4.79 Å². The molecule has 0 spiro atoms. The molecule has 1 fully saturated rings. The van der Waals surface area contributed by atoms with Gasteiger partial charge in [-0.2, -0.15) is 0 Å². The summed E-state index contributed by atoms with van der Waals surface area (Å²) in [7, 11) is 0. The molecule has 4 N–H and O–H groups in total. The molecule has 0 radical (unpaired) electrons. The minimum Gasteiger partial charge on any atom is -0.506 e. The van der Waals surface area contributed by atoms with Crippen molar-refractivity contribution in [3.05, 3.63) is 47.5 Å². The Labute approximate surface area is 163 Å². The van der Waals surface area contributed by atoms with Gasteiger partial charge in [-0.15, -0.1) is 0 Å². The third-order valence-electron chi connectivity index (χ3n) is 5.45. The lowest BCUT2D eigenvalue weighted by Gasteiger charge is -2.21. The smallest absolute Gasteiger partial charge is 0.231 e. The molecule has 7 nitrogen and oxygen atoms in total. The number of anilines is 1. The van der Waals surface area contributed by atoms with E-state index in [4.69, 9.17) is 9.47 Å². The van der Waals surface area contributed by atoms with E-state index in [1.807, 2.05) is 12.1 Å². The number of phenols is 1. The predicted molar refractivity (Wildman–Crippen MR) is 104 cm³/mol. The van der Waals surface area contributed by atoms with Gasteiger partial charge in [0.2, 0.25) is 13.2 Å². The van der Waals surface area contributed by atoms with Gasteiger partial charge in [0.05, 0.1) is 11.8 Å². The van der Waals surface area contributed by atoms with Gasteiger partial charge in [0.15, 0.2) is 11.5 Å². The van der Waals surface area contributed by atoms with Crippen molar-refractivity contribution in [2.24, 2.45) is 0 Å². The Balaban J connectivity index is 1.33. The van der Waals surface area contributed by atoms with E-state index in [9.17, 15) is 15.0 Å². The monoisotopic (exact) mass is 384 g/mol. The summed E-state index contributed by atoms with van der Waals surface area (Å²) in [6.45, 7) is 0.282. The molecule has 2 aromatic carbocycles. The van der Waals surface area contributed by atoms with E-state index >= 15 is 0 Å². The fraction of sp³-hybridized carbons (Fsp3) is 0.381. The van der Waals surface area contributed by atoms with Gasteiger partial charge >= 0.3 is 0 Å². The number of aliphatic hydroxyl groups is 1. The van der Waals surface area contributed by atoms with Crippen LogP contribution in [0.5, 0.6) is 17.2 Å². The molecule has 2 aliphatic rings. The van der Waals surface area contributed by atoms with Gasteiger partial charge < -0.3 is 30.3 Å². The van der Waals surface area contributed by atoms with Crippen LogP contribution in [0.1, 0.15) is 36.5 Å². The number of nitrogens with one attached hydrogen (secondary N) is 2. The first kappa shape index (κ1) is 18.6. The van der Waals surface area contributed by atoms with Crippen LogP contribution in [-0.4, -0.2) is 35.5 Å². The summed E-state index contributed by atoms with van der Waals surface area (Å²) in [6.07, 6.45) is 3.54. The minimum absolute atomic E-state index is 0.0240. The van der Waals surface area contributed by atoms with Crippen molar-refractivity contribution in [1.29, 1.82) is 0 Å². The quantitative estimate of drug-likeness (QED) is 0.432. The number of amides is 1. The Morgan fingerprint density at radius 2 is 2.04 bits per heavy atom. The topological polar surface area (TPSA) is 100 Å². The number of hydrogen-bond acceptors (Lipinski definition) is 6. The van der Waals surface area contributed by atoms with Crippen molar-refractivity contribution < 1.29 is 24.5 Å². The SMILES string of the molecule is O=CNc1cc(C(O)C2CCC(CCc3ccc4c(c3)OCO4)N2)ccc1O. The number of phenolic OH excluding ortho intramolecular Hbond substituents is 1. The number of carbonyl (C=O) groups is 1. The fourth-order valence-electron chi connectivity index (χ4n) is 3.91. The van der Waals surface area contributed by atoms with E-state index in [1.165, 1.54) is 11.6 Å². The number of ether oxygens (including phenoxy) is 2. The summed E-state index contributed by atoms with van der Waals surface area (Å²) in [5, 5.41) is 26.4. The maximum Gasteiger partial charge on any atom is 0.231 e. The van der Waals surface area contributed by atoms with Crippen molar-refractivity contribution in [2.75, 3.05) is 12.1 Å². The van der Waals surface area contributed by atoms with Crippen LogP contribution in [-0.2, 0) is 11.2 Å². The molecule has 2 heterocycles. The lowest BCUT2D eigenvalue weighted by Crippen LogP contribution is -2.34. The van der Waals surface area contributed by atoms with E-state index in [0.717, 1.165) is 37.2 Å². The number of aliphatic hydroxyl groups excluding tert-OH is 1. The first-order chi connectivity index (χ1) is 13.6. The van der Waals surface area contributed by atoms with Crippen molar-refractivity contribution in [3.63, 3.8) is 0 Å². The second kappa shape index (κ2) is 8.08. The molecule has 28 heavy (non-hydrogen) atoms. The van der Waals surface area contributed by atoms with E-state index in [1.54, 1.807) is 12.1 Å². The first-order valence-electron chi connectivity index (χ1n) is 9.50. The minimum atomic E-state index is -0.705. The Kier molecular flexibility index (Phi) is 5.36. The summed E-state index contributed by atoms with van der Waals surface area (Å²) in [5.74, 6) is 1.57. The van der Waals surface area contributed by atoms with Crippen molar-refractivity contribution in [3.8, 4) is 17.2 Å². The summed E-state index contributed by atoms with van der Waals surface area (Å²) in [4.78, 5) is 10.6. The lowest BCUT2D eigenvalue weighted by atomic mass is 10.00. The molecule has 2 aromatic rings. The van der Waals surface area contributed by atoms with E-state index < -0.39 is 6.10 Å². The Bertz CT molecular complexity index is 857. The lowest BCUT2D eigenvalue weighted by molar-refractivity contribution is -0.105. The molecule has 148 valence electrons. The zero-order valence-corrected chi connectivity index (χ0v) is 15.4. The largest absolute Gasteiger partial charge is 0.506 e. The molecule has 0 bridgehead atoms. The van der Waals surface area contributed by atoms with Crippen molar-refractivity contribution in [2.45, 2.75) is 43.9 Å². The zero-order chi connectivity index (χ0) is 19.5. The number of benzene rings is 2. The molecule has 3 unspecified atom stereocenters. The van der Waals surface area contributed by atoms with Gasteiger partial charge in [0.1, 0.15) is 5.75 Å². The van der Waals surface area contributed by atoms with Crippen LogP contribution in [0, 0.1) is 0 Å². The molecule has 0 aliphatic carbocycles. The van der Waals surface area contributed by atoms with Crippen LogP contribution in [0.15, 0.2) is 36.4 Å². The number of hydrogen-bond donors (Lipinski definition) is 4. The van der Waals surface area contributed by atoms with Crippen molar-refractivity contribution >= 4 is 12.1 Å². The van der Waals surface area contributed by atoms with E-state index in [2.05, 4.69) is 16.7 Å². The van der Waals surface area contributed by atoms with Crippen LogP contribution >= 0.6 is 0 Å². The summed E-state index contributed by atoms with van der Waals surface area (Å²) < 4.78 is 10.8. The number of fused-ring (bicyclic) bond motifs is 1. The van der Waals surface area contributed by atoms with Crippen LogP contribution in [0.3, 0.4) is 0 Å². The number of rotatable bonds is 7. The maximum absolute atomic E-state index is 10.7. The number of aromatic hydroxyl groups is 1. The van der Waals surface area contributed by atoms with E-state index in [-0.39, 0.29) is 18.6 Å². The normalized spacial score (nSPS) is 21.5. The molecule has 0 saturated carbocycles. The molecule has 1 saturated heterocycles. The average Bonchev–Trinajstić information content (AvgIpc) is 3.36. The highest BCUT2D eigenvalue weighted by molar-refractivity contribution is 5.75. The standard InChI is InChI=1S/C21H24N2O5/c24-11-22-17-10-14(3-7-18(17)25)21(26)16-6-5-15(23-16)4-1-13-2-8-19-20(9-13)28-12-27-19/h2-3,7-11,15-16,21,23,25-26H,1,4-6,12H2,(H,22,24). The van der Waals surface area contributed by atoms with Gasteiger partial charge in [0.25, 0.3) is 0 Å². The Morgan fingerprint density at radius 1 is 1.18 bits per heavy atom. The molecule has 7 heteroatoms. The van der Waals surface area contributed by atoms with Crippen LogP contribution in [0.2, 0.25) is 0 Å². The predicted octanol–water partition coefficient (Wildman–Crippen LogP) is 2.48.